The van der Waals surface area contributed by atoms with Crippen molar-refractivity contribution in [1.29, 1.82) is 0 Å². The first-order valence-corrected chi connectivity index (χ1v) is 10.6. The smallest absolute Gasteiger partial charge is 0.231 e. The lowest BCUT2D eigenvalue weighted by Gasteiger charge is -2.31. The number of rotatable bonds is 5. The quantitative estimate of drug-likeness (QED) is 0.687. The number of carbonyl (C=O) groups excluding carboxylic acids is 1. The van der Waals surface area contributed by atoms with E-state index in [2.05, 4.69) is 35.5 Å². The summed E-state index contributed by atoms with van der Waals surface area (Å²) in [4.78, 5) is 16.8. The molecule has 3 aromatic rings. The Morgan fingerprint density at radius 2 is 1.67 bits per heavy atom. The summed E-state index contributed by atoms with van der Waals surface area (Å²) in [5.41, 5.74) is 3.06. The van der Waals surface area contributed by atoms with Gasteiger partial charge in [-0.05, 0) is 59.7 Å². The highest BCUT2D eigenvalue weighted by atomic mass is 16.5. The number of methoxy groups -OCH3 is 1. The lowest BCUT2D eigenvalue weighted by Crippen LogP contribution is -3.12. The van der Waals surface area contributed by atoms with E-state index >= 15 is 0 Å². The van der Waals surface area contributed by atoms with Crippen molar-refractivity contribution >= 4 is 28.1 Å². The Hall–Kier alpha value is -3.05. The second-order valence-corrected chi connectivity index (χ2v) is 8.17. The summed E-state index contributed by atoms with van der Waals surface area (Å²) >= 11 is 0. The molecule has 1 heterocycles. The number of hydrogen-bond donors (Lipinski definition) is 2. The normalized spacial score (nSPS) is 15.8. The highest BCUT2D eigenvalue weighted by molar-refractivity contribution is 5.96. The fraction of sp³-hybridized carbons (Fsp3) is 0.320. The van der Waals surface area contributed by atoms with Gasteiger partial charge in [0, 0.05) is 11.4 Å². The summed E-state index contributed by atoms with van der Waals surface area (Å²) in [5.74, 6) is 0.595. The zero-order chi connectivity index (χ0) is 21.1. The summed E-state index contributed by atoms with van der Waals surface area (Å²) in [6, 6.07) is 20.3. The number of nitrogens with zero attached hydrogens (tertiary/aromatic N) is 1. The second-order valence-electron chi connectivity index (χ2n) is 8.17. The highest BCUT2D eigenvalue weighted by Crippen LogP contribution is 2.26. The molecular formula is C25H30N3O2+. The third kappa shape index (κ3) is 4.41. The maximum atomic E-state index is 12.8. The largest absolute Gasteiger partial charge is 0.497 e. The Bertz CT molecular complexity index is 1020. The molecule has 1 amide bonds. The molecular weight excluding hydrogens is 374 g/mol. The summed E-state index contributed by atoms with van der Waals surface area (Å²) in [6.45, 7) is 6.41. The molecule has 0 unspecified atom stereocenters. The number of carbonyl (C=O) groups is 1. The average Bonchev–Trinajstić information content (AvgIpc) is 2.79. The van der Waals surface area contributed by atoms with Gasteiger partial charge in [0.15, 0.2) is 0 Å². The van der Waals surface area contributed by atoms with Crippen LogP contribution in [0.25, 0.3) is 10.8 Å². The van der Waals surface area contributed by atoms with E-state index in [0.29, 0.717) is 0 Å². The van der Waals surface area contributed by atoms with Gasteiger partial charge in [0.1, 0.15) is 5.75 Å². The van der Waals surface area contributed by atoms with E-state index in [1.165, 1.54) is 5.69 Å². The van der Waals surface area contributed by atoms with Gasteiger partial charge in [-0.1, -0.05) is 24.3 Å². The van der Waals surface area contributed by atoms with E-state index in [-0.39, 0.29) is 11.8 Å². The summed E-state index contributed by atoms with van der Waals surface area (Å²) in [6.07, 6.45) is 0. The van der Waals surface area contributed by atoms with Gasteiger partial charge in [0.2, 0.25) is 5.91 Å². The average molecular weight is 405 g/mol. The molecule has 1 aliphatic rings. The van der Waals surface area contributed by atoms with E-state index in [0.717, 1.165) is 54.0 Å². The molecule has 3 aromatic carbocycles. The molecule has 1 saturated heterocycles. The maximum absolute atomic E-state index is 12.8. The molecule has 0 bridgehead atoms. The third-order valence-corrected chi connectivity index (χ3v) is 6.08. The Morgan fingerprint density at radius 3 is 2.37 bits per heavy atom. The maximum Gasteiger partial charge on any atom is 0.231 e. The SMILES string of the molecule is COc1ccc2cc([C@H](C)C(=O)Nc3ccc(N4CC[NH+](C)CC4)cc3)ccc2c1. The van der Waals surface area contributed by atoms with Gasteiger partial charge in [-0.25, -0.2) is 0 Å². The molecule has 2 N–H and O–H groups in total. The first kappa shape index (κ1) is 20.2. The summed E-state index contributed by atoms with van der Waals surface area (Å²) in [7, 11) is 3.91. The van der Waals surface area contributed by atoms with Crippen molar-refractivity contribution in [2.75, 3.05) is 50.6 Å². The van der Waals surface area contributed by atoms with Crippen LogP contribution in [-0.4, -0.2) is 46.2 Å². The fourth-order valence-electron chi connectivity index (χ4n) is 3.94. The Kier molecular flexibility index (Phi) is 5.91. The van der Waals surface area contributed by atoms with Crippen LogP contribution in [0.3, 0.4) is 0 Å². The molecule has 0 radical (unpaired) electrons. The molecule has 0 saturated carbocycles. The zero-order valence-electron chi connectivity index (χ0n) is 17.9. The number of benzene rings is 3. The van der Waals surface area contributed by atoms with Crippen molar-refractivity contribution in [1.82, 2.24) is 0 Å². The van der Waals surface area contributed by atoms with Crippen LogP contribution in [0, 0.1) is 0 Å². The van der Waals surface area contributed by atoms with Gasteiger partial charge >= 0.3 is 0 Å². The number of nitrogens with one attached hydrogen (secondary N) is 2. The van der Waals surface area contributed by atoms with Crippen molar-refractivity contribution in [2.24, 2.45) is 0 Å². The van der Waals surface area contributed by atoms with E-state index in [9.17, 15) is 4.79 Å². The van der Waals surface area contributed by atoms with E-state index in [4.69, 9.17) is 4.74 Å². The van der Waals surface area contributed by atoms with Gasteiger partial charge in [0.05, 0.1) is 46.3 Å². The first-order chi connectivity index (χ1) is 14.5. The number of fused-ring (bicyclic) bond motifs is 1. The Labute approximate surface area is 178 Å². The first-order valence-electron chi connectivity index (χ1n) is 10.6. The number of hydrogen-bond acceptors (Lipinski definition) is 3. The van der Waals surface area contributed by atoms with Crippen LogP contribution in [0.15, 0.2) is 60.7 Å². The predicted molar refractivity (Wildman–Crippen MR) is 123 cm³/mol. The molecule has 1 aliphatic heterocycles. The molecule has 5 nitrogen and oxygen atoms in total. The Morgan fingerprint density at radius 1 is 1.00 bits per heavy atom. The molecule has 1 atom stereocenters. The minimum absolute atomic E-state index is 0.00110. The summed E-state index contributed by atoms with van der Waals surface area (Å²) in [5, 5.41) is 5.27. The van der Waals surface area contributed by atoms with Gasteiger partial charge in [-0.2, -0.15) is 0 Å². The van der Waals surface area contributed by atoms with Crippen LogP contribution in [-0.2, 0) is 4.79 Å². The van der Waals surface area contributed by atoms with Crippen LogP contribution in [0.5, 0.6) is 5.75 Å². The molecule has 1 fully saturated rings. The zero-order valence-corrected chi connectivity index (χ0v) is 17.9. The van der Waals surface area contributed by atoms with Gasteiger partial charge in [0.25, 0.3) is 0 Å². The molecule has 4 rings (SSSR count). The number of ether oxygens (including phenoxy) is 1. The van der Waals surface area contributed by atoms with Crippen LogP contribution in [0.2, 0.25) is 0 Å². The van der Waals surface area contributed by atoms with Gasteiger partial charge in [-0.15, -0.1) is 0 Å². The Balaban J connectivity index is 1.42. The van der Waals surface area contributed by atoms with Crippen molar-refractivity contribution in [3.63, 3.8) is 0 Å². The fourth-order valence-corrected chi connectivity index (χ4v) is 3.94. The minimum Gasteiger partial charge on any atom is -0.497 e. The number of piperazine rings is 1. The monoisotopic (exact) mass is 404 g/mol. The van der Waals surface area contributed by atoms with Crippen LogP contribution in [0.4, 0.5) is 11.4 Å². The van der Waals surface area contributed by atoms with E-state index < -0.39 is 0 Å². The van der Waals surface area contributed by atoms with Crippen molar-refractivity contribution in [3.8, 4) is 5.75 Å². The molecule has 156 valence electrons. The molecule has 0 aliphatic carbocycles. The van der Waals surface area contributed by atoms with Gasteiger partial charge in [-0.3, -0.25) is 4.79 Å². The van der Waals surface area contributed by atoms with Crippen molar-refractivity contribution in [2.45, 2.75) is 12.8 Å². The molecule has 30 heavy (non-hydrogen) atoms. The predicted octanol–water partition coefficient (Wildman–Crippen LogP) is 2.93. The lowest BCUT2D eigenvalue weighted by atomic mass is 9.97. The van der Waals surface area contributed by atoms with Crippen molar-refractivity contribution in [3.05, 3.63) is 66.2 Å². The van der Waals surface area contributed by atoms with E-state index in [1.54, 1.807) is 12.0 Å². The molecule has 0 spiro atoms. The topological polar surface area (TPSA) is 46.0 Å². The second kappa shape index (κ2) is 8.76. The molecule has 5 heteroatoms. The van der Waals surface area contributed by atoms with Crippen molar-refractivity contribution < 1.29 is 14.4 Å². The van der Waals surface area contributed by atoms with Crippen LogP contribution >= 0.6 is 0 Å². The number of likely N-dealkylation sites (N-methyl/N-ethyl adjacent to an activating group) is 1. The minimum atomic E-state index is -0.239. The molecule has 0 aromatic heterocycles. The van der Waals surface area contributed by atoms with Gasteiger partial charge < -0.3 is 19.9 Å². The highest BCUT2D eigenvalue weighted by Gasteiger charge is 2.18. The third-order valence-electron chi connectivity index (χ3n) is 6.08. The van der Waals surface area contributed by atoms with Crippen LogP contribution in [0.1, 0.15) is 18.4 Å². The summed E-state index contributed by atoms with van der Waals surface area (Å²) < 4.78 is 5.29. The lowest BCUT2D eigenvalue weighted by molar-refractivity contribution is -0.880. The van der Waals surface area contributed by atoms with E-state index in [1.807, 2.05) is 49.4 Å². The number of quaternary nitrogens is 1. The standard InChI is InChI=1S/C25H29N3O2/c1-18(19-4-5-21-17-24(30-3)11-6-20(21)16-19)25(29)26-22-7-9-23(10-8-22)28-14-12-27(2)13-15-28/h4-11,16-18H,12-15H2,1-3H3,(H,26,29)/p+1/t18-/m0/s1. The van der Waals surface area contributed by atoms with Crippen LogP contribution < -0.4 is 19.9 Å². The number of anilines is 2. The number of amides is 1.